The van der Waals surface area contributed by atoms with Gasteiger partial charge in [0.25, 0.3) is 0 Å². The van der Waals surface area contributed by atoms with Gasteiger partial charge in [-0.1, -0.05) is 177 Å². The molecular formula is C72H58N6O4. The molecule has 0 amide bonds. The lowest BCUT2D eigenvalue weighted by molar-refractivity contribution is 0.340. The minimum Gasteiger partial charge on any atom is -0.494 e. The second-order valence-corrected chi connectivity index (χ2v) is 18.8. The molecule has 0 spiro atoms. The van der Waals surface area contributed by atoms with Crippen molar-refractivity contribution in [2.24, 2.45) is 0 Å². The summed E-state index contributed by atoms with van der Waals surface area (Å²) in [5.74, 6) is 3.47. The lowest BCUT2D eigenvalue weighted by atomic mass is 10.2. The van der Waals surface area contributed by atoms with Gasteiger partial charge in [0.1, 0.15) is 11.5 Å². The maximum Gasteiger partial charge on any atom is 0.248 e. The largest absolute Gasteiger partial charge is 0.494 e. The van der Waals surface area contributed by atoms with Gasteiger partial charge < -0.3 is 27.4 Å². The molecule has 82 heavy (non-hydrogen) atoms. The molecule has 10 nitrogen and oxygen atoms in total. The van der Waals surface area contributed by atoms with Crippen molar-refractivity contribution in [2.45, 2.75) is 13.8 Å². The second kappa shape index (κ2) is 25.3. The monoisotopic (exact) mass is 1070 g/mol. The molecule has 4 aromatic heterocycles. The quantitative estimate of drug-likeness (QED) is 0.119. The van der Waals surface area contributed by atoms with E-state index >= 15 is 0 Å². The Morgan fingerprint density at radius 2 is 0.683 bits per heavy atom. The third-order valence-electron chi connectivity index (χ3n) is 13.6. The standard InChI is InChI=1S/2C28H21N3O2.2C8H8/c1-2-32-22-12-8-10-20(18-22)28-30-29-27(33-28)19-9-7-11-21(17-19)31-25-15-5-3-13-23(25)24-14-4-6-16-26(24)31;1-2-32-22-9-7-8-20(18-22)28-30-29-27(33-28)19-14-16-21(17-15-19)31-25-12-5-3-10-23(25)24-11-4-6-13-26(24)31;2*1-2-8-6-4-3-5-7-8/h2*3-18H,2H2,1H3;2*2-7H,1H2. The van der Waals surface area contributed by atoms with Gasteiger partial charge in [-0.2, -0.15) is 0 Å². The number of ether oxygens (including phenoxy) is 2. The summed E-state index contributed by atoms with van der Waals surface area (Å²) in [5.41, 5.74) is 12.6. The van der Waals surface area contributed by atoms with Crippen LogP contribution in [0.25, 0.3) is 113 Å². The summed E-state index contributed by atoms with van der Waals surface area (Å²) in [4.78, 5) is 0. The third kappa shape index (κ3) is 11.8. The fourth-order valence-electron chi connectivity index (χ4n) is 9.80. The van der Waals surface area contributed by atoms with Crippen molar-refractivity contribution in [1.29, 1.82) is 0 Å². The van der Waals surface area contributed by atoms with Crippen molar-refractivity contribution in [2.75, 3.05) is 13.2 Å². The minimum absolute atomic E-state index is 0.466. The molecule has 10 aromatic carbocycles. The summed E-state index contributed by atoms with van der Waals surface area (Å²) < 4.78 is 27.8. The fourth-order valence-corrected chi connectivity index (χ4v) is 9.80. The van der Waals surface area contributed by atoms with Crippen LogP contribution >= 0.6 is 0 Å². The molecule has 4 heterocycles. The Balaban J connectivity index is 0.000000135. The van der Waals surface area contributed by atoms with Crippen molar-refractivity contribution in [1.82, 2.24) is 29.5 Å². The number of fused-ring (bicyclic) bond motifs is 6. The van der Waals surface area contributed by atoms with E-state index in [1.165, 1.54) is 43.7 Å². The molecule has 0 radical (unpaired) electrons. The Labute approximate surface area is 476 Å². The van der Waals surface area contributed by atoms with Gasteiger partial charge in [-0.25, -0.2) is 0 Å². The first kappa shape index (κ1) is 53.2. The van der Waals surface area contributed by atoms with Gasteiger partial charge in [-0.15, -0.1) is 20.4 Å². The first-order valence-corrected chi connectivity index (χ1v) is 27.2. The molecule has 0 saturated carbocycles. The summed E-state index contributed by atoms with van der Waals surface area (Å²) in [6.45, 7) is 12.4. The van der Waals surface area contributed by atoms with Crippen molar-refractivity contribution >= 4 is 55.8 Å². The summed E-state index contributed by atoms with van der Waals surface area (Å²) in [7, 11) is 0. The number of benzene rings is 10. The van der Waals surface area contributed by atoms with Crippen molar-refractivity contribution in [3.05, 3.63) is 279 Å². The minimum atomic E-state index is 0.466. The van der Waals surface area contributed by atoms with Gasteiger partial charge in [-0.3, -0.25) is 0 Å². The predicted octanol–water partition coefficient (Wildman–Crippen LogP) is 18.5. The van der Waals surface area contributed by atoms with Crippen LogP contribution in [0.2, 0.25) is 0 Å². The van der Waals surface area contributed by atoms with Crippen LogP contribution in [-0.2, 0) is 0 Å². The fraction of sp³-hybridized carbons (Fsp3) is 0.0556. The van der Waals surface area contributed by atoms with E-state index in [9.17, 15) is 0 Å². The van der Waals surface area contributed by atoms with E-state index in [4.69, 9.17) is 18.3 Å². The molecule has 0 fully saturated rings. The van der Waals surface area contributed by atoms with Gasteiger partial charge in [0.15, 0.2) is 0 Å². The second-order valence-electron chi connectivity index (χ2n) is 18.8. The van der Waals surface area contributed by atoms with Gasteiger partial charge in [0, 0.05) is 55.2 Å². The smallest absolute Gasteiger partial charge is 0.248 e. The van der Waals surface area contributed by atoms with Crippen LogP contribution in [0.4, 0.5) is 0 Å². The third-order valence-corrected chi connectivity index (χ3v) is 13.6. The molecule has 0 N–H and O–H groups in total. The summed E-state index contributed by atoms with van der Waals surface area (Å²) in [6, 6.07) is 85.8. The number of hydrogen-bond donors (Lipinski definition) is 0. The Morgan fingerprint density at radius 1 is 0.341 bits per heavy atom. The van der Waals surface area contributed by atoms with E-state index < -0.39 is 0 Å². The highest BCUT2D eigenvalue weighted by atomic mass is 16.5. The zero-order valence-corrected chi connectivity index (χ0v) is 45.5. The van der Waals surface area contributed by atoms with Gasteiger partial charge in [-0.05, 0) is 128 Å². The SMILES string of the molecule is C=Cc1ccccc1.C=Cc1ccccc1.CCOc1cccc(-c2nnc(-c3ccc(-n4c5ccccc5c5ccccc54)cc3)o2)c1.CCOc1cccc(-c2nnc(-c3cccc(-n4c5ccccc5c5ccccc54)c3)o2)c1. The molecule has 0 saturated heterocycles. The van der Waals surface area contributed by atoms with Crippen LogP contribution in [0.5, 0.6) is 11.5 Å². The Hall–Kier alpha value is -10.8. The van der Waals surface area contributed by atoms with Crippen molar-refractivity contribution in [3.63, 3.8) is 0 Å². The molecule has 14 aromatic rings. The Morgan fingerprint density at radius 3 is 1.06 bits per heavy atom. The number of nitrogens with zero attached hydrogens (tertiary/aromatic N) is 6. The molecule has 0 bridgehead atoms. The van der Waals surface area contributed by atoms with Crippen LogP contribution in [0.3, 0.4) is 0 Å². The average Bonchev–Trinajstić information content (AvgIpc) is 4.19. The topological polar surface area (TPSA) is 106 Å². The molecule has 0 aliphatic heterocycles. The molecular weight excluding hydrogens is 1010 g/mol. The summed E-state index contributed by atoms with van der Waals surface area (Å²) >= 11 is 0. The van der Waals surface area contributed by atoms with Gasteiger partial charge in [0.2, 0.25) is 23.6 Å². The van der Waals surface area contributed by atoms with Gasteiger partial charge >= 0.3 is 0 Å². The lowest BCUT2D eigenvalue weighted by Gasteiger charge is -2.08. The highest BCUT2D eigenvalue weighted by Gasteiger charge is 2.17. The van der Waals surface area contributed by atoms with E-state index in [0.29, 0.717) is 36.8 Å². The van der Waals surface area contributed by atoms with E-state index in [-0.39, 0.29) is 0 Å². The first-order valence-electron chi connectivity index (χ1n) is 27.2. The maximum atomic E-state index is 6.05. The van der Waals surface area contributed by atoms with Crippen LogP contribution < -0.4 is 9.47 Å². The molecule has 10 heteroatoms. The lowest BCUT2D eigenvalue weighted by Crippen LogP contribution is -1.94. The molecule has 0 aliphatic carbocycles. The number of aromatic nitrogens is 6. The molecule has 14 rings (SSSR count). The predicted molar refractivity (Wildman–Crippen MR) is 334 cm³/mol. The number of rotatable bonds is 12. The molecule has 0 aliphatic rings. The Kier molecular flexibility index (Phi) is 16.4. The highest BCUT2D eigenvalue weighted by molar-refractivity contribution is 6.10. The van der Waals surface area contributed by atoms with Crippen molar-refractivity contribution < 1.29 is 18.3 Å². The van der Waals surface area contributed by atoms with Crippen LogP contribution in [0.15, 0.2) is 277 Å². The van der Waals surface area contributed by atoms with E-state index in [2.05, 4.69) is 164 Å². The van der Waals surface area contributed by atoms with Crippen LogP contribution in [0.1, 0.15) is 25.0 Å². The summed E-state index contributed by atoms with van der Waals surface area (Å²) in [6.07, 6.45) is 3.67. The molecule has 0 atom stereocenters. The molecule has 400 valence electrons. The highest BCUT2D eigenvalue weighted by Crippen LogP contribution is 2.36. The average molecular weight is 1070 g/mol. The van der Waals surface area contributed by atoms with Crippen molar-refractivity contribution in [3.8, 4) is 68.7 Å². The summed E-state index contributed by atoms with van der Waals surface area (Å²) in [5, 5.41) is 22.0. The maximum absolute atomic E-state index is 6.05. The van der Waals surface area contributed by atoms with Gasteiger partial charge in [0.05, 0.1) is 35.3 Å². The zero-order valence-electron chi connectivity index (χ0n) is 45.5. The first-order chi connectivity index (χ1) is 40.5. The van der Waals surface area contributed by atoms with E-state index in [1.54, 1.807) is 0 Å². The van der Waals surface area contributed by atoms with Crippen LogP contribution in [-0.4, -0.2) is 42.7 Å². The van der Waals surface area contributed by atoms with Crippen LogP contribution in [0, 0.1) is 0 Å². The Bertz CT molecular complexity index is 4270. The van der Waals surface area contributed by atoms with E-state index in [1.807, 2.05) is 159 Å². The van der Waals surface area contributed by atoms with E-state index in [0.717, 1.165) is 56.2 Å². The normalized spacial score (nSPS) is 10.8. The number of para-hydroxylation sites is 4. The molecule has 0 unspecified atom stereocenters. The zero-order chi connectivity index (χ0) is 56.0. The number of hydrogen-bond acceptors (Lipinski definition) is 8.